The molecule has 9 fully saturated rings. The quantitative estimate of drug-likeness (QED) is 0.167. The SMILES string of the molecule is CC(=O)C1(C(C)=O)CC1.CC(=O)C12CC3CC(C1)CC(C(C)=O)(C3)C2.CC(=O)C1CCC(C)(C(C)=O)C1(C)C.CC(=O)C1CCCC(C(C)=O)C1.CC(=O)C1CCCC1C(C)=O.CC(=O)C1CCCCC1C(C)=O. The number of Topliss-reactive ketones (excluding diaryl/α,β-unsaturated/α-hetero) is 12. The Balaban J connectivity index is 0.000000236. The van der Waals surface area contributed by atoms with Gasteiger partial charge in [0.15, 0.2) is 0 Å². The molecule has 0 N–H and O–H groups in total. The summed E-state index contributed by atoms with van der Waals surface area (Å²) >= 11 is 0. The number of hydrogen-bond donors (Lipinski definition) is 0. The third kappa shape index (κ3) is 15.4. The predicted octanol–water partition coefficient (Wildman–Crippen LogP) is 11.8. The fourth-order valence-electron chi connectivity index (χ4n) is 15.0. The Morgan fingerprint density at radius 3 is 0.905 bits per heavy atom. The van der Waals surface area contributed by atoms with Gasteiger partial charge in [0.1, 0.15) is 69.4 Å². The topological polar surface area (TPSA) is 205 Å². The van der Waals surface area contributed by atoms with Crippen molar-refractivity contribution in [2.75, 3.05) is 0 Å². The van der Waals surface area contributed by atoms with Gasteiger partial charge in [-0.15, -0.1) is 0 Å². The summed E-state index contributed by atoms with van der Waals surface area (Å²) < 4.78 is 0. The van der Waals surface area contributed by atoms with Crippen molar-refractivity contribution in [3.63, 3.8) is 0 Å². The molecule has 9 aliphatic rings. The van der Waals surface area contributed by atoms with E-state index in [0.29, 0.717) is 23.4 Å². The van der Waals surface area contributed by atoms with Gasteiger partial charge < -0.3 is 0 Å². The molecule has 0 heterocycles. The Hall–Kier alpha value is -3.96. The lowest BCUT2D eigenvalue weighted by atomic mass is 9.42. The summed E-state index contributed by atoms with van der Waals surface area (Å²) in [5, 5.41) is 0. The van der Waals surface area contributed by atoms with E-state index >= 15 is 0 Å². The fraction of sp³-hybridized carbons (Fsp3) is 0.806. The zero-order chi connectivity index (χ0) is 56.5. The number of carbonyl (C=O) groups is 12. The lowest BCUT2D eigenvalue weighted by Gasteiger charge is -2.60. The molecule has 9 saturated carbocycles. The first-order chi connectivity index (χ1) is 34.1. The van der Waals surface area contributed by atoms with Crippen LogP contribution >= 0.6 is 0 Å². The fourth-order valence-corrected chi connectivity index (χ4v) is 15.0. The molecule has 4 bridgehead atoms. The number of ketones is 12. The Morgan fingerprint density at radius 1 is 0.338 bits per heavy atom. The second-order valence-electron chi connectivity index (χ2n) is 25.5. The van der Waals surface area contributed by atoms with Crippen molar-refractivity contribution in [2.45, 2.75) is 239 Å². The normalized spacial score (nSPS) is 34.2. The van der Waals surface area contributed by atoms with E-state index < -0.39 is 5.41 Å². The molecule has 0 spiro atoms. The highest BCUT2D eigenvalue weighted by Crippen LogP contribution is 2.66. The zero-order valence-corrected chi connectivity index (χ0v) is 48.4. The van der Waals surface area contributed by atoms with E-state index in [1.54, 1.807) is 69.2 Å². The van der Waals surface area contributed by atoms with Crippen molar-refractivity contribution in [3.8, 4) is 0 Å². The molecule has 0 saturated heterocycles. The summed E-state index contributed by atoms with van der Waals surface area (Å²) in [6.45, 7) is 25.5. The number of carbonyl (C=O) groups excluding carboxylic acids is 12. The second-order valence-corrected chi connectivity index (χ2v) is 25.5. The van der Waals surface area contributed by atoms with Crippen LogP contribution in [-0.2, 0) is 57.5 Å². The molecule has 0 radical (unpaired) electrons. The first kappa shape index (κ1) is 64.3. The molecule has 8 unspecified atom stereocenters. The maximum absolute atomic E-state index is 12.0. The molecule has 9 rings (SSSR count). The monoisotopic (exact) mass is 1030 g/mol. The van der Waals surface area contributed by atoms with E-state index in [2.05, 4.69) is 0 Å². The maximum Gasteiger partial charge on any atom is 0.143 e. The Labute approximate surface area is 444 Å². The molecule has 8 atom stereocenters. The van der Waals surface area contributed by atoms with Gasteiger partial charge in [-0.05, 0) is 209 Å². The number of hydrogen-bond acceptors (Lipinski definition) is 12. The van der Waals surface area contributed by atoms with E-state index in [9.17, 15) is 57.5 Å². The minimum absolute atomic E-state index is 0.0243. The number of rotatable bonds is 12. The minimum atomic E-state index is -0.528. The molecule has 0 aromatic rings. The summed E-state index contributed by atoms with van der Waals surface area (Å²) in [7, 11) is 0. The van der Waals surface area contributed by atoms with Gasteiger partial charge in [0.2, 0.25) is 0 Å². The molecule has 0 amide bonds. The van der Waals surface area contributed by atoms with Gasteiger partial charge in [-0.25, -0.2) is 0 Å². The average molecular weight is 1030 g/mol. The van der Waals surface area contributed by atoms with Crippen LogP contribution in [0, 0.1) is 80.3 Å². The largest absolute Gasteiger partial charge is 0.300 e. The Morgan fingerprint density at radius 2 is 0.676 bits per heavy atom. The predicted molar refractivity (Wildman–Crippen MR) is 286 cm³/mol. The van der Waals surface area contributed by atoms with Crippen molar-refractivity contribution >= 4 is 69.4 Å². The van der Waals surface area contributed by atoms with E-state index in [1.807, 2.05) is 20.8 Å². The van der Waals surface area contributed by atoms with Gasteiger partial charge >= 0.3 is 0 Å². The lowest BCUT2D eigenvalue weighted by Crippen LogP contribution is -2.56. The summed E-state index contributed by atoms with van der Waals surface area (Å²) in [4.78, 5) is 135. The molecule has 416 valence electrons. The average Bonchev–Trinajstić information content (AvgIpc) is 3.90. The van der Waals surface area contributed by atoms with Crippen LogP contribution < -0.4 is 0 Å². The van der Waals surface area contributed by atoms with Gasteiger partial charge in [-0.2, -0.15) is 0 Å². The van der Waals surface area contributed by atoms with Gasteiger partial charge in [0.25, 0.3) is 0 Å². The summed E-state index contributed by atoms with van der Waals surface area (Å²) in [6.07, 6.45) is 20.4. The van der Waals surface area contributed by atoms with Crippen LogP contribution in [0.3, 0.4) is 0 Å². The third-order valence-corrected chi connectivity index (χ3v) is 20.3. The first-order valence-corrected chi connectivity index (χ1v) is 28.2. The summed E-state index contributed by atoms with van der Waals surface area (Å²) in [5.41, 5.74) is -1.26. The van der Waals surface area contributed by atoms with Crippen molar-refractivity contribution in [1.29, 1.82) is 0 Å². The second kappa shape index (κ2) is 26.4. The van der Waals surface area contributed by atoms with Crippen LogP contribution in [0.1, 0.15) is 239 Å². The molecule has 0 aromatic heterocycles. The smallest absolute Gasteiger partial charge is 0.143 e. The van der Waals surface area contributed by atoms with Crippen LogP contribution in [-0.4, -0.2) is 69.4 Å². The van der Waals surface area contributed by atoms with Gasteiger partial charge in [-0.1, -0.05) is 46.5 Å². The van der Waals surface area contributed by atoms with Crippen molar-refractivity contribution in [3.05, 3.63) is 0 Å². The van der Waals surface area contributed by atoms with Crippen LogP contribution in [0.25, 0.3) is 0 Å². The highest BCUT2D eigenvalue weighted by Gasteiger charge is 2.61. The van der Waals surface area contributed by atoms with Crippen LogP contribution in [0.5, 0.6) is 0 Å². The van der Waals surface area contributed by atoms with Gasteiger partial charge in [-0.3, -0.25) is 57.5 Å². The highest BCUT2D eigenvalue weighted by atomic mass is 16.2. The van der Waals surface area contributed by atoms with Crippen LogP contribution in [0.4, 0.5) is 0 Å². The van der Waals surface area contributed by atoms with Gasteiger partial charge in [0, 0.05) is 57.7 Å². The molecular formula is C62H96O12. The molecule has 12 heteroatoms. The van der Waals surface area contributed by atoms with Crippen molar-refractivity contribution in [2.24, 2.45) is 80.3 Å². The summed E-state index contributed by atoms with van der Waals surface area (Å²) in [5.74, 6) is 4.22. The Bertz CT molecular complexity index is 2030. The molecule has 9 aliphatic carbocycles. The zero-order valence-electron chi connectivity index (χ0n) is 48.4. The third-order valence-electron chi connectivity index (χ3n) is 20.3. The van der Waals surface area contributed by atoms with Crippen molar-refractivity contribution < 1.29 is 57.5 Å². The van der Waals surface area contributed by atoms with Crippen molar-refractivity contribution in [1.82, 2.24) is 0 Å². The lowest BCUT2D eigenvalue weighted by molar-refractivity contribution is -0.162. The molecule has 0 aliphatic heterocycles. The van der Waals surface area contributed by atoms with Gasteiger partial charge in [0.05, 0.1) is 5.41 Å². The maximum atomic E-state index is 12.0. The molecule has 0 aromatic carbocycles. The van der Waals surface area contributed by atoms with E-state index in [0.717, 1.165) is 128 Å². The standard InChI is InChI=1S/C14H20O2.C12H20O2.2C10H16O2.C9H14O2.C7H10O2/c1-9(15)13-4-11-3-12(5-13)7-14(6-11,8-13)10(2)16;1-8(13)10-6-7-12(5,9(2)14)11(10,3)4;1-7(11)9-4-3-5-10(6-9)8(2)12;1-7(11)9-5-3-4-6-10(9)8(2)12;1-6(10)8-4-3-5-9(8)7(2)11;1-5(8)7(3-4-7)6(2)9/h11-12H,3-8H2,1-2H3;10H,6-7H2,1-5H3;2*9-10H,3-6H2,1-2H3;8-9H,3-5H2,1-2H3;3-4H2,1-2H3. The van der Waals surface area contributed by atoms with E-state index in [4.69, 9.17) is 0 Å². The minimum Gasteiger partial charge on any atom is -0.300 e. The van der Waals surface area contributed by atoms with E-state index in [1.165, 1.54) is 20.3 Å². The van der Waals surface area contributed by atoms with Crippen LogP contribution in [0.15, 0.2) is 0 Å². The van der Waals surface area contributed by atoms with E-state index in [-0.39, 0.29) is 121 Å². The van der Waals surface area contributed by atoms with Crippen LogP contribution in [0.2, 0.25) is 0 Å². The first-order valence-electron chi connectivity index (χ1n) is 28.2. The highest BCUT2D eigenvalue weighted by molar-refractivity contribution is 6.07. The Kier molecular flexibility index (Phi) is 22.9. The molecule has 74 heavy (non-hydrogen) atoms. The molecular weight excluding hydrogens is 937 g/mol. The molecule has 12 nitrogen and oxygen atoms in total. The summed E-state index contributed by atoms with van der Waals surface area (Å²) in [6, 6.07) is 0.